The van der Waals surface area contributed by atoms with Gasteiger partial charge in [0.2, 0.25) is 0 Å². The number of aromatic nitrogens is 3. The van der Waals surface area contributed by atoms with Gasteiger partial charge in [0.25, 0.3) is 13.4 Å². The average molecular weight is 589 g/mol. The van der Waals surface area contributed by atoms with Crippen LogP contribution in [0.2, 0.25) is 0 Å². The summed E-state index contributed by atoms with van der Waals surface area (Å²) < 4.78 is 7.90. The number of rotatable bonds is 0. The first kappa shape index (κ1) is 22.6. The van der Waals surface area contributed by atoms with E-state index >= 15 is 0 Å². The molecule has 0 atom stereocenters. The van der Waals surface area contributed by atoms with Crippen molar-refractivity contribution in [2.45, 2.75) is 0 Å². The summed E-state index contributed by atoms with van der Waals surface area (Å²) in [6.07, 6.45) is 0. The van der Waals surface area contributed by atoms with Crippen molar-refractivity contribution < 1.29 is 0 Å². The molecule has 0 saturated heterocycles. The number of nitrogens with zero attached hydrogens (tertiary/aromatic N) is 3. The summed E-state index contributed by atoms with van der Waals surface area (Å²) in [4.78, 5) is 0. The highest BCUT2D eigenvalue weighted by Crippen LogP contribution is 2.42. The van der Waals surface area contributed by atoms with E-state index in [2.05, 4.69) is 141 Å². The van der Waals surface area contributed by atoms with Gasteiger partial charge in [-0.3, -0.25) is 0 Å². The molecule has 47 heavy (non-hydrogen) atoms. The molecule has 7 heterocycles. The molecule has 0 bridgehead atoms. The molecule has 0 spiro atoms. The summed E-state index contributed by atoms with van der Waals surface area (Å²) in [5.74, 6) is 0. The van der Waals surface area contributed by atoms with Crippen LogP contribution < -0.4 is 32.8 Å². The summed E-state index contributed by atoms with van der Waals surface area (Å²) in [6, 6.07) is 48.7. The molecule has 0 N–H and O–H groups in total. The van der Waals surface area contributed by atoms with E-state index in [4.69, 9.17) is 0 Å². The van der Waals surface area contributed by atoms with Crippen LogP contribution >= 0.6 is 0 Å². The largest absolute Gasteiger partial charge is 0.311 e. The number of para-hydroxylation sites is 6. The second kappa shape index (κ2) is 7.06. The molecule has 14 rings (SSSR count). The first-order valence-corrected chi connectivity index (χ1v) is 16.7. The van der Waals surface area contributed by atoms with Crippen molar-refractivity contribution in [3.63, 3.8) is 0 Å². The van der Waals surface area contributed by atoms with Crippen molar-refractivity contribution in [1.29, 1.82) is 0 Å². The fraction of sp³-hybridized carbons (Fsp3) is 0. The van der Waals surface area contributed by atoms with E-state index in [1.54, 1.807) is 0 Å². The molecule has 0 unspecified atom stereocenters. The van der Waals surface area contributed by atoms with E-state index in [0.29, 0.717) is 0 Å². The van der Waals surface area contributed by atoms with E-state index < -0.39 is 0 Å². The molecule has 4 aliphatic heterocycles. The van der Waals surface area contributed by atoms with Crippen molar-refractivity contribution in [1.82, 2.24) is 13.7 Å². The first-order valence-electron chi connectivity index (χ1n) is 16.7. The number of hydrogen-bond acceptors (Lipinski definition) is 0. The van der Waals surface area contributed by atoms with Gasteiger partial charge in [-0.2, -0.15) is 0 Å². The second-order valence-corrected chi connectivity index (χ2v) is 14.0. The molecular weight excluding hydrogens is 568 g/mol. The topological polar surface area (TPSA) is 14.8 Å². The Bertz CT molecular complexity index is 3000. The third-order valence-corrected chi connectivity index (χ3v) is 12.2. The Morgan fingerprint density at radius 1 is 0.340 bits per heavy atom. The molecule has 3 nitrogen and oxygen atoms in total. The molecular formula is C42H21B2N3. The van der Waals surface area contributed by atoms with Crippen LogP contribution in [-0.2, 0) is 0 Å². The Kier molecular flexibility index (Phi) is 3.39. The van der Waals surface area contributed by atoms with Crippen LogP contribution in [0.1, 0.15) is 0 Å². The van der Waals surface area contributed by atoms with Crippen molar-refractivity contribution in [3.05, 3.63) is 127 Å². The third-order valence-electron chi connectivity index (χ3n) is 12.2. The quantitative estimate of drug-likeness (QED) is 0.215. The molecule has 7 aromatic carbocycles. The summed E-state index contributed by atoms with van der Waals surface area (Å²) in [7, 11) is 0. The summed E-state index contributed by atoms with van der Waals surface area (Å²) in [6.45, 7) is 0.319. The second-order valence-electron chi connectivity index (χ2n) is 14.0. The lowest BCUT2D eigenvalue weighted by Gasteiger charge is -2.41. The SMILES string of the molecule is c1ccc2c(c1)c1cccc3c1n2-c1cc2c4c5c1B3c1cccc3c6cccc(c6n-5c13)B4c1cccc3c4ccccc4n-2c13. The zero-order chi connectivity index (χ0) is 29.9. The minimum atomic E-state index is 0.159. The first-order chi connectivity index (χ1) is 23.4. The van der Waals surface area contributed by atoms with Gasteiger partial charge < -0.3 is 13.7 Å². The normalized spacial score (nSPS) is 14.3. The van der Waals surface area contributed by atoms with Gasteiger partial charge in [-0.05, 0) is 51.0 Å². The highest BCUT2D eigenvalue weighted by atomic mass is 15.1. The molecule has 210 valence electrons. The highest BCUT2D eigenvalue weighted by Gasteiger charge is 2.48. The van der Waals surface area contributed by atoms with E-state index in [9.17, 15) is 0 Å². The van der Waals surface area contributed by atoms with Crippen LogP contribution in [0.25, 0.3) is 82.5 Å². The summed E-state index contributed by atoms with van der Waals surface area (Å²) >= 11 is 0. The van der Waals surface area contributed by atoms with Gasteiger partial charge in [0.1, 0.15) is 0 Å². The van der Waals surface area contributed by atoms with Gasteiger partial charge >= 0.3 is 0 Å². The molecule has 0 radical (unpaired) electrons. The molecule has 0 amide bonds. The Balaban J connectivity index is 1.33. The van der Waals surface area contributed by atoms with Crippen molar-refractivity contribution in [2.24, 2.45) is 0 Å². The standard InChI is InChI=1S/C42H21B2N3/c1-3-19-32-22(9-1)24-11-5-15-28-38(24)45(32)34-21-35-37-42-36(34)43(28)30-17-7-13-26-27-14-8-18-31(41(27)47(42)40(26)30)44(37)29-16-6-12-25-23-10-2-4-20-33(23)46(35)39(25)29/h1-21H. The molecule has 4 aliphatic rings. The van der Waals surface area contributed by atoms with E-state index in [1.807, 2.05) is 0 Å². The Morgan fingerprint density at radius 3 is 1.15 bits per heavy atom. The molecule has 5 heteroatoms. The zero-order valence-electron chi connectivity index (χ0n) is 25.1. The smallest absolute Gasteiger partial charge is 0.252 e. The van der Waals surface area contributed by atoms with E-state index in [1.165, 1.54) is 115 Å². The van der Waals surface area contributed by atoms with Crippen LogP contribution in [0.5, 0.6) is 0 Å². The molecule has 0 fully saturated rings. The summed E-state index contributed by atoms with van der Waals surface area (Å²) in [5.41, 5.74) is 20.7. The fourth-order valence-electron chi connectivity index (χ4n) is 10.7. The van der Waals surface area contributed by atoms with E-state index in [-0.39, 0.29) is 13.4 Å². The fourth-order valence-corrected chi connectivity index (χ4v) is 10.7. The predicted octanol–water partition coefficient (Wildman–Crippen LogP) is 5.26. The van der Waals surface area contributed by atoms with Gasteiger partial charge in [0.05, 0.1) is 11.0 Å². The molecule has 0 aliphatic carbocycles. The lowest BCUT2D eigenvalue weighted by atomic mass is 9.30. The number of hydrogen-bond donors (Lipinski definition) is 0. The maximum Gasteiger partial charge on any atom is 0.252 e. The third kappa shape index (κ3) is 2.16. The Labute approximate surface area is 269 Å². The minimum Gasteiger partial charge on any atom is -0.311 e. The average Bonchev–Trinajstić information content (AvgIpc) is 3.77. The number of fused-ring (bicyclic) bond motifs is 13. The van der Waals surface area contributed by atoms with Crippen LogP contribution in [0.4, 0.5) is 0 Å². The molecule has 3 aromatic heterocycles. The highest BCUT2D eigenvalue weighted by molar-refractivity contribution is 7.04. The van der Waals surface area contributed by atoms with Crippen LogP contribution in [0.3, 0.4) is 0 Å². The van der Waals surface area contributed by atoms with Crippen molar-refractivity contribution >= 4 is 112 Å². The van der Waals surface area contributed by atoms with Crippen molar-refractivity contribution in [2.75, 3.05) is 0 Å². The monoisotopic (exact) mass is 589 g/mol. The Hall–Kier alpha value is -5.93. The van der Waals surface area contributed by atoms with Gasteiger partial charge in [-0.1, -0.05) is 109 Å². The molecule has 10 aromatic rings. The lowest BCUT2D eigenvalue weighted by molar-refractivity contribution is 1.11. The zero-order valence-corrected chi connectivity index (χ0v) is 25.1. The van der Waals surface area contributed by atoms with Crippen LogP contribution in [-0.4, -0.2) is 27.1 Å². The van der Waals surface area contributed by atoms with Crippen molar-refractivity contribution in [3.8, 4) is 17.1 Å². The van der Waals surface area contributed by atoms with Crippen LogP contribution in [0.15, 0.2) is 127 Å². The van der Waals surface area contributed by atoms with E-state index in [0.717, 1.165) is 0 Å². The summed E-state index contributed by atoms with van der Waals surface area (Å²) in [5, 5.41) is 8.06. The lowest BCUT2D eigenvalue weighted by Crippen LogP contribution is -2.66. The van der Waals surface area contributed by atoms with Gasteiger partial charge in [0, 0.05) is 71.4 Å². The maximum absolute atomic E-state index is 2.69. The maximum atomic E-state index is 2.69. The predicted molar refractivity (Wildman–Crippen MR) is 199 cm³/mol. The minimum absolute atomic E-state index is 0.159. The van der Waals surface area contributed by atoms with Gasteiger partial charge in [-0.25, -0.2) is 0 Å². The number of benzene rings is 7. The Morgan fingerprint density at radius 2 is 0.702 bits per heavy atom. The van der Waals surface area contributed by atoms with Gasteiger partial charge in [-0.15, -0.1) is 0 Å². The molecule has 0 saturated carbocycles. The van der Waals surface area contributed by atoms with Gasteiger partial charge in [0.15, 0.2) is 0 Å². The van der Waals surface area contributed by atoms with Crippen LogP contribution in [0, 0.1) is 0 Å².